The Balaban J connectivity index is 1.75. The van der Waals surface area contributed by atoms with Crippen molar-refractivity contribution in [3.05, 3.63) is 36.0 Å². The van der Waals surface area contributed by atoms with Gasteiger partial charge in [0.2, 0.25) is 5.88 Å². The lowest BCUT2D eigenvalue weighted by Crippen LogP contribution is -1.91. The van der Waals surface area contributed by atoms with Crippen LogP contribution < -0.4 is 5.73 Å². The summed E-state index contributed by atoms with van der Waals surface area (Å²) in [5, 5.41) is 4.28. The minimum Gasteiger partial charge on any atom is -0.367 e. The quantitative estimate of drug-likeness (QED) is 0.886. The van der Waals surface area contributed by atoms with Gasteiger partial charge in [0.1, 0.15) is 0 Å². The largest absolute Gasteiger partial charge is 0.367 e. The van der Waals surface area contributed by atoms with E-state index < -0.39 is 0 Å². The molecule has 1 heterocycles. The number of hydrogen-bond acceptors (Lipinski definition) is 3. The molecule has 2 fully saturated rings. The summed E-state index contributed by atoms with van der Waals surface area (Å²) in [6.45, 7) is 0. The molecule has 2 N–H and O–H groups in total. The molecule has 4 rings (SSSR count). The van der Waals surface area contributed by atoms with Crippen molar-refractivity contribution in [2.24, 2.45) is 11.8 Å². The van der Waals surface area contributed by atoms with Gasteiger partial charge in [-0.2, -0.15) is 0 Å². The van der Waals surface area contributed by atoms with Gasteiger partial charge in [0.05, 0.1) is 11.3 Å². The number of benzene rings is 1. The van der Waals surface area contributed by atoms with Gasteiger partial charge in [-0.15, -0.1) is 0 Å². The van der Waals surface area contributed by atoms with E-state index in [0.29, 0.717) is 11.8 Å². The molecule has 2 aromatic rings. The van der Waals surface area contributed by atoms with Gasteiger partial charge in [-0.1, -0.05) is 48.3 Å². The molecule has 98 valence electrons. The molecule has 2 atom stereocenters. The van der Waals surface area contributed by atoms with Crippen LogP contribution in [0, 0.1) is 11.8 Å². The number of aromatic nitrogens is 1. The Kier molecular flexibility index (Phi) is 2.40. The van der Waals surface area contributed by atoms with Crippen LogP contribution in [0.3, 0.4) is 0 Å². The van der Waals surface area contributed by atoms with Gasteiger partial charge in [-0.3, -0.25) is 0 Å². The predicted molar refractivity (Wildman–Crippen MR) is 74.5 cm³/mol. The van der Waals surface area contributed by atoms with Crippen molar-refractivity contribution >= 4 is 5.88 Å². The summed E-state index contributed by atoms with van der Waals surface area (Å²) in [4.78, 5) is 0. The van der Waals surface area contributed by atoms with Crippen LogP contribution in [0.15, 0.2) is 34.9 Å². The molecule has 0 bridgehead atoms. The number of hydrogen-bond donors (Lipinski definition) is 1. The Labute approximate surface area is 112 Å². The van der Waals surface area contributed by atoms with Crippen molar-refractivity contribution < 1.29 is 4.52 Å². The van der Waals surface area contributed by atoms with Crippen LogP contribution in [0.4, 0.5) is 5.88 Å². The minimum atomic E-state index is 0.463. The standard InChI is InChI=1S/C16H18N2O/c17-16-13(10-6-2-1-3-7-10)15(18-19-16)14-11-8-4-5-9-12(11)14/h1-3,6-7,11-12,14H,4-5,8-9,17H2. The highest BCUT2D eigenvalue weighted by Gasteiger charge is 2.53. The molecule has 2 unspecified atom stereocenters. The molecule has 3 nitrogen and oxygen atoms in total. The SMILES string of the molecule is Nc1onc(C2C3CCCCC32)c1-c1ccccc1. The smallest absolute Gasteiger partial charge is 0.230 e. The molecule has 0 radical (unpaired) electrons. The average molecular weight is 254 g/mol. The molecular formula is C16H18N2O. The Hall–Kier alpha value is -1.77. The maximum Gasteiger partial charge on any atom is 0.230 e. The van der Waals surface area contributed by atoms with Crippen LogP contribution in [0.2, 0.25) is 0 Å². The summed E-state index contributed by atoms with van der Waals surface area (Å²) in [6, 6.07) is 10.2. The highest BCUT2D eigenvalue weighted by molar-refractivity contribution is 5.76. The fourth-order valence-electron chi connectivity index (χ4n) is 3.84. The number of anilines is 1. The molecule has 2 aliphatic rings. The zero-order valence-electron chi connectivity index (χ0n) is 10.9. The van der Waals surface area contributed by atoms with Crippen LogP contribution in [0.25, 0.3) is 11.1 Å². The van der Waals surface area contributed by atoms with Gasteiger partial charge in [0, 0.05) is 5.92 Å². The number of nitrogens with two attached hydrogens (primary N) is 1. The van der Waals surface area contributed by atoms with E-state index in [1.165, 1.54) is 25.7 Å². The van der Waals surface area contributed by atoms with E-state index in [-0.39, 0.29) is 0 Å². The van der Waals surface area contributed by atoms with Gasteiger partial charge in [-0.05, 0) is 30.2 Å². The highest BCUT2D eigenvalue weighted by atomic mass is 16.5. The van der Waals surface area contributed by atoms with E-state index in [1.807, 2.05) is 18.2 Å². The third kappa shape index (κ3) is 1.68. The maximum atomic E-state index is 6.00. The molecule has 0 aliphatic heterocycles. The lowest BCUT2D eigenvalue weighted by molar-refractivity contribution is 0.426. The zero-order chi connectivity index (χ0) is 12.8. The molecule has 0 amide bonds. The average Bonchev–Trinajstić information content (AvgIpc) is 3.07. The number of nitrogens with zero attached hydrogens (tertiary/aromatic N) is 1. The number of nitrogen functional groups attached to an aromatic ring is 1. The second kappa shape index (κ2) is 4.12. The molecule has 1 aromatic carbocycles. The van der Waals surface area contributed by atoms with Crippen molar-refractivity contribution in [3.63, 3.8) is 0 Å². The Morgan fingerprint density at radius 1 is 1.05 bits per heavy atom. The number of rotatable bonds is 2. The lowest BCUT2D eigenvalue weighted by atomic mass is 10.0. The van der Waals surface area contributed by atoms with Crippen molar-refractivity contribution in [1.29, 1.82) is 0 Å². The second-order valence-corrected chi connectivity index (χ2v) is 5.81. The van der Waals surface area contributed by atoms with Crippen LogP contribution in [-0.2, 0) is 0 Å². The van der Waals surface area contributed by atoms with Crippen LogP contribution >= 0.6 is 0 Å². The van der Waals surface area contributed by atoms with Gasteiger partial charge >= 0.3 is 0 Å². The second-order valence-electron chi connectivity index (χ2n) is 5.81. The fourth-order valence-corrected chi connectivity index (χ4v) is 3.84. The molecule has 1 aromatic heterocycles. The minimum absolute atomic E-state index is 0.463. The first kappa shape index (κ1) is 11.1. The first-order chi connectivity index (χ1) is 9.36. The lowest BCUT2D eigenvalue weighted by Gasteiger charge is -2.04. The summed E-state index contributed by atoms with van der Waals surface area (Å²) in [7, 11) is 0. The fraction of sp³-hybridized carbons (Fsp3) is 0.438. The van der Waals surface area contributed by atoms with Gasteiger partial charge < -0.3 is 10.3 Å². The Morgan fingerprint density at radius 2 is 1.74 bits per heavy atom. The molecule has 0 spiro atoms. The van der Waals surface area contributed by atoms with Crippen LogP contribution in [0.5, 0.6) is 0 Å². The molecule has 3 heteroatoms. The normalized spacial score (nSPS) is 28.9. The van der Waals surface area contributed by atoms with E-state index >= 15 is 0 Å². The third-order valence-corrected chi connectivity index (χ3v) is 4.78. The summed E-state index contributed by atoms with van der Waals surface area (Å²) in [5.41, 5.74) is 9.25. The van der Waals surface area contributed by atoms with Crippen LogP contribution in [0.1, 0.15) is 37.3 Å². The summed E-state index contributed by atoms with van der Waals surface area (Å²) < 4.78 is 5.29. The van der Waals surface area contributed by atoms with E-state index in [1.54, 1.807) is 0 Å². The Bertz CT molecular complexity index is 578. The summed E-state index contributed by atoms with van der Waals surface area (Å²) in [6.07, 6.45) is 5.42. The summed E-state index contributed by atoms with van der Waals surface area (Å²) >= 11 is 0. The molecule has 0 saturated heterocycles. The van der Waals surface area contributed by atoms with Gasteiger partial charge in [-0.25, -0.2) is 0 Å². The zero-order valence-corrected chi connectivity index (χ0v) is 10.9. The van der Waals surface area contributed by atoms with Crippen molar-refractivity contribution in [2.45, 2.75) is 31.6 Å². The summed E-state index contributed by atoms with van der Waals surface area (Å²) in [5.74, 6) is 2.69. The first-order valence-corrected chi connectivity index (χ1v) is 7.16. The van der Waals surface area contributed by atoms with Crippen molar-refractivity contribution in [1.82, 2.24) is 5.16 Å². The molecule has 2 aliphatic carbocycles. The van der Waals surface area contributed by atoms with Crippen molar-refractivity contribution in [3.8, 4) is 11.1 Å². The number of fused-ring (bicyclic) bond motifs is 1. The maximum absolute atomic E-state index is 6.00. The van der Waals surface area contributed by atoms with E-state index in [9.17, 15) is 0 Å². The van der Waals surface area contributed by atoms with Crippen molar-refractivity contribution in [2.75, 3.05) is 5.73 Å². The van der Waals surface area contributed by atoms with Gasteiger partial charge in [0.15, 0.2) is 0 Å². The predicted octanol–water partition coefficient (Wildman–Crippen LogP) is 3.83. The van der Waals surface area contributed by atoms with Gasteiger partial charge in [0.25, 0.3) is 0 Å². The van der Waals surface area contributed by atoms with E-state index in [0.717, 1.165) is 28.7 Å². The third-order valence-electron chi connectivity index (χ3n) is 4.78. The molecular weight excluding hydrogens is 236 g/mol. The first-order valence-electron chi connectivity index (χ1n) is 7.16. The van der Waals surface area contributed by atoms with E-state index in [2.05, 4.69) is 17.3 Å². The topological polar surface area (TPSA) is 52.0 Å². The monoisotopic (exact) mass is 254 g/mol. The van der Waals surface area contributed by atoms with Crippen LogP contribution in [-0.4, -0.2) is 5.16 Å². The molecule has 19 heavy (non-hydrogen) atoms. The Morgan fingerprint density at radius 3 is 2.42 bits per heavy atom. The highest BCUT2D eigenvalue weighted by Crippen LogP contribution is 2.62. The van der Waals surface area contributed by atoms with E-state index in [4.69, 9.17) is 10.3 Å². The molecule has 2 saturated carbocycles.